The van der Waals surface area contributed by atoms with Crippen molar-refractivity contribution in [2.75, 3.05) is 5.32 Å². The van der Waals surface area contributed by atoms with Gasteiger partial charge in [0.25, 0.3) is 5.91 Å². The van der Waals surface area contributed by atoms with Crippen molar-refractivity contribution in [3.63, 3.8) is 0 Å². The van der Waals surface area contributed by atoms with Crippen LogP contribution >= 0.6 is 0 Å². The van der Waals surface area contributed by atoms with Crippen LogP contribution in [0.15, 0.2) is 109 Å². The molecule has 202 valence electrons. The molecule has 0 aliphatic carbocycles. The highest BCUT2D eigenvalue weighted by molar-refractivity contribution is 6.04. The van der Waals surface area contributed by atoms with E-state index in [1.165, 1.54) is 29.2 Å². The van der Waals surface area contributed by atoms with E-state index < -0.39 is 30.0 Å². The molecule has 4 aromatic carbocycles. The van der Waals surface area contributed by atoms with Crippen LogP contribution in [0.1, 0.15) is 46.1 Å². The summed E-state index contributed by atoms with van der Waals surface area (Å²) in [6, 6.07) is 29.7. The van der Waals surface area contributed by atoms with Crippen LogP contribution in [0.5, 0.6) is 0 Å². The fraction of sp³-hybridized carbons (Fsp3) is 0.156. The Kier molecular flexibility index (Phi) is 7.87. The van der Waals surface area contributed by atoms with Crippen molar-refractivity contribution in [1.82, 2.24) is 10.2 Å². The van der Waals surface area contributed by atoms with Crippen molar-refractivity contribution >= 4 is 23.6 Å². The number of hydrogen-bond acceptors (Lipinski definition) is 4. The van der Waals surface area contributed by atoms with E-state index >= 15 is 0 Å². The molecule has 3 atom stereocenters. The summed E-state index contributed by atoms with van der Waals surface area (Å²) >= 11 is 0. The van der Waals surface area contributed by atoms with E-state index in [1.54, 1.807) is 24.3 Å². The SMILES string of the molecule is C[C@H](NC(=O)[C@@H]1[C@H](c2cccc(NC(=O)c3ccc(F)cc3)c2)OC(=O)N1Cc1ccccc1)c1ccccc1. The summed E-state index contributed by atoms with van der Waals surface area (Å²) in [5, 5.41) is 5.82. The molecule has 1 fully saturated rings. The Morgan fingerprint density at radius 3 is 2.27 bits per heavy atom. The van der Waals surface area contributed by atoms with Gasteiger partial charge in [0.05, 0.1) is 12.6 Å². The Bertz CT molecular complexity index is 1500. The molecular weight excluding hydrogens is 509 g/mol. The third-order valence-electron chi connectivity index (χ3n) is 6.79. The van der Waals surface area contributed by atoms with Crippen LogP contribution in [0.3, 0.4) is 0 Å². The zero-order chi connectivity index (χ0) is 28.1. The second-order valence-corrected chi connectivity index (χ2v) is 9.59. The predicted molar refractivity (Wildman–Crippen MR) is 149 cm³/mol. The van der Waals surface area contributed by atoms with Crippen LogP contribution in [-0.4, -0.2) is 28.8 Å². The monoisotopic (exact) mass is 537 g/mol. The number of carbonyl (C=O) groups is 3. The molecule has 0 radical (unpaired) electrons. The largest absolute Gasteiger partial charge is 0.438 e. The van der Waals surface area contributed by atoms with Gasteiger partial charge in [-0.2, -0.15) is 0 Å². The Morgan fingerprint density at radius 2 is 1.57 bits per heavy atom. The van der Waals surface area contributed by atoms with Gasteiger partial charge in [-0.1, -0.05) is 72.8 Å². The Morgan fingerprint density at radius 1 is 0.900 bits per heavy atom. The fourth-order valence-corrected chi connectivity index (χ4v) is 4.71. The van der Waals surface area contributed by atoms with Crippen molar-refractivity contribution in [2.24, 2.45) is 0 Å². The van der Waals surface area contributed by atoms with Crippen LogP contribution in [0.25, 0.3) is 0 Å². The first-order valence-electron chi connectivity index (χ1n) is 12.9. The number of benzene rings is 4. The van der Waals surface area contributed by atoms with Crippen molar-refractivity contribution in [1.29, 1.82) is 0 Å². The van der Waals surface area contributed by atoms with Crippen molar-refractivity contribution < 1.29 is 23.5 Å². The van der Waals surface area contributed by atoms with E-state index in [-0.39, 0.29) is 18.5 Å². The Balaban J connectivity index is 1.42. The number of anilines is 1. The first-order valence-corrected chi connectivity index (χ1v) is 12.9. The van der Waals surface area contributed by atoms with Gasteiger partial charge in [-0.05, 0) is 60.0 Å². The number of carbonyl (C=O) groups excluding carboxylic acids is 3. The second kappa shape index (κ2) is 11.8. The number of cyclic esters (lactones) is 1. The molecule has 1 aliphatic heterocycles. The van der Waals surface area contributed by atoms with Crippen molar-refractivity contribution in [3.05, 3.63) is 137 Å². The van der Waals surface area contributed by atoms with Gasteiger partial charge < -0.3 is 15.4 Å². The van der Waals surface area contributed by atoms with E-state index in [9.17, 15) is 18.8 Å². The van der Waals surface area contributed by atoms with Gasteiger partial charge in [0.2, 0.25) is 5.91 Å². The fourth-order valence-electron chi connectivity index (χ4n) is 4.71. The van der Waals surface area contributed by atoms with E-state index in [1.807, 2.05) is 67.6 Å². The number of amides is 3. The van der Waals surface area contributed by atoms with Gasteiger partial charge in [-0.3, -0.25) is 14.5 Å². The molecule has 8 heteroatoms. The lowest BCUT2D eigenvalue weighted by Crippen LogP contribution is -2.46. The molecule has 40 heavy (non-hydrogen) atoms. The van der Waals surface area contributed by atoms with Crippen molar-refractivity contribution in [3.8, 4) is 0 Å². The molecule has 0 spiro atoms. The summed E-state index contributed by atoms with van der Waals surface area (Å²) in [7, 11) is 0. The summed E-state index contributed by atoms with van der Waals surface area (Å²) in [6.45, 7) is 2.07. The Labute approximate surface area is 231 Å². The normalized spacial score (nSPS) is 17.1. The third-order valence-corrected chi connectivity index (χ3v) is 6.79. The van der Waals surface area contributed by atoms with E-state index in [0.29, 0.717) is 16.8 Å². The van der Waals surface area contributed by atoms with Crippen LogP contribution in [0.2, 0.25) is 0 Å². The van der Waals surface area contributed by atoms with Crippen molar-refractivity contribution in [2.45, 2.75) is 31.7 Å². The summed E-state index contributed by atoms with van der Waals surface area (Å²) in [5.74, 6) is -1.21. The molecular formula is C32H28FN3O4. The van der Waals surface area contributed by atoms with Gasteiger partial charge in [-0.25, -0.2) is 9.18 Å². The third kappa shape index (κ3) is 6.02. The average molecular weight is 538 g/mol. The summed E-state index contributed by atoms with van der Waals surface area (Å²) in [5.41, 5.74) is 3.07. The maximum atomic E-state index is 13.7. The lowest BCUT2D eigenvalue weighted by molar-refractivity contribution is -0.127. The zero-order valence-corrected chi connectivity index (χ0v) is 21.8. The number of rotatable bonds is 8. The molecule has 1 saturated heterocycles. The molecule has 1 aliphatic rings. The number of nitrogens with zero attached hydrogens (tertiary/aromatic N) is 1. The second-order valence-electron chi connectivity index (χ2n) is 9.59. The molecule has 7 nitrogen and oxygen atoms in total. The van der Waals surface area contributed by atoms with Gasteiger partial charge in [0.15, 0.2) is 12.1 Å². The minimum Gasteiger partial charge on any atom is -0.438 e. The number of halogens is 1. The maximum Gasteiger partial charge on any atom is 0.411 e. The van der Waals surface area contributed by atoms with E-state index in [0.717, 1.165) is 11.1 Å². The topological polar surface area (TPSA) is 87.7 Å². The first-order chi connectivity index (χ1) is 19.4. The minimum absolute atomic E-state index is 0.189. The summed E-state index contributed by atoms with van der Waals surface area (Å²) < 4.78 is 19.1. The van der Waals surface area contributed by atoms with Gasteiger partial charge in [0, 0.05) is 11.3 Å². The molecule has 4 aromatic rings. The van der Waals surface area contributed by atoms with E-state index in [2.05, 4.69) is 10.6 Å². The first kappa shape index (κ1) is 26.6. The lowest BCUT2D eigenvalue weighted by atomic mass is 9.99. The summed E-state index contributed by atoms with van der Waals surface area (Å²) in [6.07, 6.45) is -1.52. The number of ether oxygens (including phenoxy) is 1. The highest BCUT2D eigenvalue weighted by atomic mass is 19.1. The van der Waals surface area contributed by atoms with Crippen LogP contribution in [-0.2, 0) is 16.1 Å². The average Bonchev–Trinajstić information content (AvgIpc) is 3.30. The molecule has 1 heterocycles. The minimum atomic E-state index is -0.957. The smallest absolute Gasteiger partial charge is 0.411 e. The van der Waals surface area contributed by atoms with Gasteiger partial charge in [-0.15, -0.1) is 0 Å². The zero-order valence-electron chi connectivity index (χ0n) is 21.8. The molecule has 3 amide bonds. The van der Waals surface area contributed by atoms with E-state index in [4.69, 9.17) is 4.74 Å². The van der Waals surface area contributed by atoms with Crippen LogP contribution in [0.4, 0.5) is 14.9 Å². The molecule has 0 bridgehead atoms. The standard InChI is InChI=1S/C32H28FN3O4/c1-21(23-11-6-3-7-12-23)34-31(38)28-29(40-32(39)36(28)20-22-9-4-2-5-10-22)25-13-8-14-27(19-25)35-30(37)24-15-17-26(33)18-16-24/h2-19,21,28-29H,20H2,1H3,(H,34,38)(H,35,37)/t21-,28-,29-/m0/s1. The molecule has 0 aromatic heterocycles. The highest BCUT2D eigenvalue weighted by Crippen LogP contribution is 2.35. The Hall–Kier alpha value is -4.98. The lowest BCUT2D eigenvalue weighted by Gasteiger charge is -2.26. The molecule has 0 saturated carbocycles. The predicted octanol–water partition coefficient (Wildman–Crippen LogP) is 6.02. The van der Waals surface area contributed by atoms with Crippen LogP contribution in [0, 0.1) is 5.82 Å². The van der Waals surface area contributed by atoms with Gasteiger partial charge in [0.1, 0.15) is 5.82 Å². The quantitative estimate of drug-likeness (QED) is 0.288. The van der Waals surface area contributed by atoms with Gasteiger partial charge >= 0.3 is 6.09 Å². The molecule has 2 N–H and O–H groups in total. The maximum absolute atomic E-state index is 13.7. The molecule has 0 unspecified atom stereocenters. The summed E-state index contributed by atoms with van der Waals surface area (Å²) in [4.78, 5) is 41.0. The molecule has 5 rings (SSSR count). The number of nitrogens with one attached hydrogen (secondary N) is 2. The van der Waals surface area contributed by atoms with Crippen LogP contribution < -0.4 is 10.6 Å². The number of hydrogen-bond donors (Lipinski definition) is 2. The highest BCUT2D eigenvalue weighted by Gasteiger charge is 2.47.